The first-order valence-corrected chi connectivity index (χ1v) is 12.3. The highest BCUT2D eigenvalue weighted by Gasteiger charge is 2.53. The van der Waals surface area contributed by atoms with Crippen LogP contribution in [0.5, 0.6) is 0 Å². The first kappa shape index (κ1) is 27.6. The van der Waals surface area contributed by atoms with Gasteiger partial charge in [0.25, 0.3) is 5.91 Å². The predicted molar refractivity (Wildman–Crippen MR) is 119 cm³/mol. The maximum Gasteiger partial charge on any atom is 0.254 e. The fourth-order valence-electron chi connectivity index (χ4n) is 3.75. The van der Waals surface area contributed by atoms with Gasteiger partial charge < -0.3 is 17.7 Å². The first-order valence-electron chi connectivity index (χ1n) is 10.1. The van der Waals surface area contributed by atoms with Crippen LogP contribution in [0.25, 0.3) is 0 Å². The average Bonchev–Trinajstić information content (AvgIpc) is 2.69. The third kappa shape index (κ3) is 6.29. The van der Waals surface area contributed by atoms with Crippen LogP contribution in [-0.2, 0) is 0 Å². The molecule has 1 N–H and O–H groups in total. The van der Waals surface area contributed by atoms with Crippen LogP contribution in [0.3, 0.4) is 0 Å². The fraction of sp³-hybridized carbons (Fsp3) is 0.650. The smallest absolute Gasteiger partial charge is 0.254 e. The lowest BCUT2D eigenvalue weighted by Gasteiger charge is -2.46. The molecule has 1 aromatic carbocycles. The number of carbonyl (C=O) groups excluding carboxylic acids is 1. The molecule has 0 heterocycles. The van der Waals surface area contributed by atoms with Crippen molar-refractivity contribution >= 4 is 25.2 Å². The van der Waals surface area contributed by atoms with Gasteiger partial charge in [-0.25, -0.2) is 0 Å². The molecule has 0 unspecified atom stereocenters. The second-order valence-corrected chi connectivity index (χ2v) is 10.1. The van der Waals surface area contributed by atoms with Gasteiger partial charge in [0.1, 0.15) is 0 Å². The summed E-state index contributed by atoms with van der Waals surface area (Å²) in [6.45, 7) is 19.1. The molecule has 0 atom stereocenters. The van der Waals surface area contributed by atoms with Gasteiger partial charge in [0, 0.05) is 49.9 Å². The van der Waals surface area contributed by atoms with Crippen molar-refractivity contribution in [2.24, 2.45) is 0 Å². The molecule has 0 fully saturated rings. The van der Waals surface area contributed by atoms with Gasteiger partial charge in [-0.3, -0.25) is 4.79 Å². The van der Waals surface area contributed by atoms with E-state index in [2.05, 4.69) is 60.9 Å². The summed E-state index contributed by atoms with van der Waals surface area (Å²) in [5.74, 6) is -0.0393. The molecule has 162 valence electrons. The zero-order valence-corrected chi connectivity index (χ0v) is 20.6. The quantitative estimate of drug-likeness (QED) is 0.493. The van der Waals surface area contributed by atoms with Gasteiger partial charge in [-0.1, -0.05) is 11.6 Å². The van der Waals surface area contributed by atoms with Gasteiger partial charge in [0.15, 0.2) is 6.29 Å². The monoisotopic (exact) mass is 450 g/mol. The van der Waals surface area contributed by atoms with Crippen molar-refractivity contribution in [1.82, 2.24) is 19.3 Å². The highest BCUT2D eigenvalue weighted by Crippen LogP contribution is 2.66. The molecule has 1 amide bonds. The molecule has 0 aliphatic heterocycles. The molecular weight excluding hydrogens is 414 g/mol. The largest absolute Gasteiger partial charge is 1.00 e. The summed E-state index contributed by atoms with van der Waals surface area (Å²) in [7, 11) is -1.87. The van der Waals surface area contributed by atoms with Crippen molar-refractivity contribution in [3.63, 3.8) is 0 Å². The Hall–Kier alpha value is -0.420. The number of hydrogen-bond acceptors (Lipinski definition) is 4. The van der Waals surface area contributed by atoms with Crippen LogP contribution in [0.1, 0.15) is 51.9 Å². The molecule has 0 bridgehead atoms. The van der Waals surface area contributed by atoms with Crippen molar-refractivity contribution < 1.29 is 17.2 Å². The van der Waals surface area contributed by atoms with Crippen LogP contribution in [0.15, 0.2) is 24.3 Å². The summed E-state index contributed by atoms with van der Waals surface area (Å²) in [5.41, 5.74) is 0.649. The van der Waals surface area contributed by atoms with Crippen molar-refractivity contribution in [2.75, 3.05) is 45.6 Å². The standard InChI is InChI=1S/C20H36ClN4OP.ClH/c1-7-23(8-2)27(24(9-3)10-4,25(11-5)12-6)17-22-20(26)18-13-15-19(21)16-14-18;/h13-16H,7-12,17H2,1-6H3;1H. The number of nitrogens with zero attached hydrogens (tertiary/aromatic N) is 3. The molecule has 0 aliphatic rings. The number of halogens is 2. The second kappa shape index (κ2) is 13.7. The van der Waals surface area contributed by atoms with E-state index in [0.717, 1.165) is 39.3 Å². The number of nitrogens with one attached hydrogen (secondary N) is 1. The van der Waals surface area contributed by atoms with Crippen LogP contribution in [0.4, 0.5) is 0 Å². The topological polar surface area (TPSA) is 38.8 Å². The summed E-state index contributed by atoms with van der Waals surface area (Å²) in [6, 6.07) is 7.09. The first-order chi connectivity index (χ1) is 12.9. The van der Waals surface area contributed by atoms with Crippen molar-refractivity contribution in [3.05, 3.63) is 34.9 Å². The highest BCUT2D eigenvalue weighted by molar-refractivity contribution is 7.69. The zero-order chi connectivity index (χ0) is 20.4. The van der Waals surface area contributed by atoms with Crippen LogP contribution in [0, 0.1) is 0 Å². The second-order valence-electron chi connectivity index (χ2n) is 6.28. The van der Waals surface area contributed by atoms with E-state index >= 15 is 0 Å². The number of rotatable bonds is 12. The molecule has 0 aromatic heterocycles. The minimum Gasteiger partial charge on any atom is -1.00 e. The highest BCUT2D eigenvalue weighted by atomic mass is 35.5. The van der Waals surface area contributed by atoms with E-state index in [9.17, 15) is 4.79 Å². The summed E-state index contributed by atoms with van der Waals surface area (Å²) >= 11 is 5.96. The normalized spacial score (nSPS) is 11.8. The lowest BCUT2D eigenvalue weighted by atomic mass is 10.2. The van der Waals surface area contributed by atoms with E-state index in [4.69, 9.17) is 11.6 Å². The molecule has 28 heavy (non-hydrogen) atoms. The summed E-state index contributed by atoms with van der Waals surface area (Å²) in [4.78, 5) is 12.8. The Bertz CT molecular complexity index is 531. The number of amides is 1. The van der Waals surface area contributed by atoms with Gasteiger partial charge in [0.2, 0.25) is 7.71 Å². The molecule has 5 nitrogen and oxygen atoms in total. The lowest BCUT2D eigenvalue weighted by Crippen LogP contribution is -3.00. The Morgan fingerprint density at radius 3 is 1.50 bits per heavy atom. The van der Waals surface area contributed by atoms with Gasteiger partial charge in [-0.15, -0.1) is 14.0 Å². The van der Waals surface area contributed by atoms with Gasteiger partial charge >= 0.3 is 0 Å². The third-order valence-electron chi connectivity index (χ3n) is 5.11. The molecule has 0 saturated carbocycles. The minimum atomic E-state index is -1.87. The zero-order valence-electron chi connectivity index (χ0n) is 18.2. The maximum absolute atomic E-state index is 12.8. The SMILES string of the molecule is CCN(CC)[P+](CNC(=O)c1ccc(Cl)cc1)(N(CC)CC)N(CC)CC.[Cl-]. The van der Waals surface area contributed by atoms with Gasteiger partial charge in [-0.05, 0) is 65.8 Å². The van der Waals surface area contributed by atoms with Gasteiger partial charge in [0.05, 0.1) is 0 Å². The molecular formula is C20H37Cl2N4OP. The summed E-state index contributed by atoms with van der Waals surface area (Å²) in [6.07, 6.45) is 0.652. The lowest BCUT2D eigenvalue weighted by molar-refractivity contribution is -0.0000144. The molecule has 0 spiro atoms. The van der Waals surface area contributed by atoms with E-state index in [1.807, 2.05) is 0 Å². The Morgan fingerprint density at radius 1 is 0.821 bits per heavy atom. The average molecular weight is 451 g/mol. The minimum absolute atomic E-state index is 0. The Balaban J connectivity index is 0.00000729. The van der Waals surface area contributed by atoms with Crippen LogP contribution < -0.4 is 17.7 Å². The Kier molecular flexibility index (Phi) is 13.5. The van der Waals surface area contributed by atoms with E-state index in [1.165, 1.54) is 0 Å². The van der Waals surface area contributed by atoms with E-state index in [-0.39, 0.29) is 18.3 Å². The van der Waals surface area contributed by atoms with Crippen LogP contribution >= 0.6 is 19.3 Å². The molecule has 1 aromatic rings. The Labute approximate surface area is 183 Å². The molecule has 8 heteroatoms. The Morgan fingerprint density at radius 2 is 1.18 bits per heavy atom. The van der Waals surface area contributed by atoms with Crippen molar-refractivity contribution in [3.8, 4) is 0 Å². The van der Waals surface area contributed by atoms with E-state index in [0.29, 0.717) is 16.9 Å². The molecule has 0 saturated heterocycles. The fourth-order valence-corrected chi connectivity index (χ4v) is 8.62. The summed E-state index contributed by atoms with van der Waals surface area (Å²) < 4.78 is 7.69. The van der Waals surface area contributed by atoms with E-state index < -0.39 is 7.71 Å². The molecule has 0 aliphatic carbocycles. The molecule has 1 rings (SSSR count). The van der Waals surface area contributed by atoms with Gasteiger partial charge in [-0.2, -0.15) is 0 Å². The van der Waals surface area contributed by atoms with Crippen molar-refractivity contribution in [1.29, 1.82) is 0 Å². The van der Waals surface area contributed by atoms with Crippen LogP contribution in [0.2, 0.25) is 5.02 Å². The summed E-state index contributed by atoms with van der Waals surface area (Å²) in [5, 5.41) is 3.89. The number of hydrogen-bond donors (Lipinski definition) is 1. The number of carbonyl (C=O) groups is 1. The maximum atomic E-state index is 12.8. The number of benzene rings is 1. The van der Waals surface area contributed by atoms with Crippen molar-refractivity contribution in [2.45, 2.75) is 41.5 Å². The van der Waals surface area contributed by atoms with E-state index in [1.54, 1.807) is 24.3 Å². The predicted octanol–water partition coefficient (Wildman–Crippen LogP) is 1.82. The third-order valence-corrected chi connectivity index (χ3v) is 10.4. The molecule has 0 radical (unpaired) electrons. The van der Waals surface area contributed by atoms with Crippen LogP contribution in [-0.4, -0.2) is 65.5 Å².